The third-order valence-electron chi connectivity index (χ3n) is 4.13. The standard InChI is InChI=1S/C21H20N2O2/c1-15-7-5-12-20(16(15)2)25-14-21(24)23-22-13-18-10-6-9-17-8-3-4-11-19(17)18/h3-13H,14H2,1-2H3,(H,23,24)/b22-13-. The van der Waals surface area contributed by atoms with Crippen molar-refractivity contribution >= 4 is 22.9 Å². The van der Waals surface area contributed by atoms with Crippen LogP contribution >= 0.6 is 0 Å². The molecule has 3 aromatic rings. The number of carbonyl (C=O) groups is 1. The molecule has 0 saturated heterocycles. The Kier molecular flexibility index (Phi) is 5.09. The molecule has 0 heterocycles. The Bertz CT molecular complexity index is 927. The van der Waals surface area contributed by atoms with Crippen molar-refractivity contribution in [2.24, 2.45) is 5.10 Å². The number of hydrazone groups is 1. The Morgan fingerprint density at radius 1 is 1.04 bits per heavy atom. The van der Waals surface area contributed by atoms with Gasteiger partial charge in [-0.05, 0) is 41.8 Å². The number of benzene rings is 3. The van der Waals surface area contributed by atoms with E-state index in [0.29, 0.717) is 5.75 Å². The van der Waals surface area contributed by atoms with Crippen LogP contribution in [0.25, 0.3) is 10.8 Å². The fraction of sp³-hybridized carbons (Fsp3) is 0.143. The summed E-state index contributed by atoms with van der Waals surface area (Å²) in [5.74, 6) is 0.422. The average molecular weight is 332 g/mol. The minimum Gasteiger partial charge on any atom is -0.483 e. The summed E-state index contributed by atoms with van der Waals surface area (Å²) in [6.07, 6.45) is 1.65. The van der Waals surface area contributed by atoms with Crippen LogP contribution in [0, 0.1) is 13.8 Å². The first-order valence-electron chi connectivity index (χ1n) is 8.14. The maximum absolute atomic E-state index is 11.9. The van der Waals surface area contributed by atoms with Gasteiger partial charge in [-0.2, -0.15) is 5.10 Å². The van der Waals surface area contributed by atoms with Gasteiger partial charge in [0.15, 0.2) is 6.61 Å². The van der Waals surface area contributed by atoms with Gasteiger partial charge in [0.2, 0.25) is 0 Å². The van der Waals surface area contributed by atoms with Crippen molar-refractivity contribution < 1.29 is 9.53 Å². The van der Waals surface area contributed by atoms with E-state index in [1.54, 1.807) is 6.21 Å². The van der Waals surface area contributed by atoms with Crippen LogP contribution in [0.2, 0.25) is 0 Å². The van der Waals surface area contributed by atoms with Gasteiger partial charge < -0.3 is 4.74 Å². The predicted molar refractivity (Wildman–Crippen MR) is 101 cm³/mol. The van der Waals surface area contributed by atoms with Gasteiger partial charge in [0.05, 0.1) is 6.21 Å². The van der Waals surface area contributed by atoms with Crippen LogP contribution in [-0.2, 0) is 4.79 Å². The van der Waals surface area contributed by atoms with E-state index in [4.69, 9.17) is 4.74 Å². The molecule has 3 aromatic carbocycles. The molecule has 0 atom stereocenters. The Morgan fingerprint density at radius 3 is 2.68 bits per heavy atom. The summed E-state index contributed by atoms with van der Waals surface area (Å²) >= 11 is 0. The highest BCUT2D eigenvalue weighted by Gasteiger charge is 2.05. The second-order valence-electron chi connectivity index (χ2n) is 5.85. The van der Waals surface area contributed by atoms with Crippen LogP contribution in [0.4, 0.5) is 0 Å². The van der Waals surface area contributed by atoms with E-state index in [1.807, 2.05) is 74.5 Å². The van der Waals surface area contributed by atoms with Gasteiger partial charge in [0, 0.05) is 5.56 Å². The molecule has 1 N–H and O–H groups in total. The van der Waals surface area contributed by atoms with Crippen molar-refractivity contribution in [3.63, 3.8) is 0 Å². The highest BCUT2D eigenvalue weighted by atomic mass is 16.5. The Labute approximate surface area is 147 Å². The molecule has 0 fully saturated rings. The van der Waals surface area contributed by atoms with Gasteiger partial charge in [-0.15, -0.1) is 0 Å². The normalized spacial score (nSPS) is 11.0. The zero-order valence-corrected chi connectivity index (χ0v) is 14.3. The molecule has 0 saturated carbocycles. The summed E-state index contributed by atoms with van der Waals surface area (Å²) in [6.45, 7) is 3.91. The number of nitrogens with zero attached hydrogens (tertiary/aromatic N) is 1. The second kappa shape index (κ2) is 7.62. The summed E-state index contributed by atoms with van der Waals surface area (Å²) in [5, 5.41) is 6.27. The van der Waals surface area contributed by atoms with Gasteiger partial charge in [0.1, 0.15) is 5.75 Å². The first-order chi connectivity index (χ1) is 12.1. The van der Waals surface area contributed by atoms with Crippen molar-refractivity contribution in [2.75, 3.05) is 6.61 Å². The first kappa shape index (κ1) is 16.7. The number of aryl methyl sites for hydroxylation is 1. The zero-order chi connectivity index (χ0) is 17.6. The summed E-state index contributed by atoms with van der Waals surface area (Å²) in [6, 6.07) is 19.8. The molecule has 4 nitrogen and oxygen atoms in total. The number of fused-ring (bicyclic) bond motifs is 1. The van der Waals surface area contributed by atoms with E-state index in [-0.39, 0.29) is 12.5 Å². The predicted octanol–water partition coefficient (Wildman–Crippen LogP) is 3.99. The quantitative estimate of drug-likeness (QED) is 0.567. The number of amides is 1. The minimum atomic E-state index is -0.294. The lowest BCUT2D eigenvalue weighted by atomic mass is 10.1. The number of hydrogen-bond acceptors (Lipinski definition) is 3. The van der Waals surface area contributed by atoms with Crippen LogP contribution in [0.15, 0.2) is 65.8 Å². The second-order valence-corrected chi connectivity index (χ2v) is 5.85. The molecule has 0 unspecified atom stereocenters. The van der Waals surface area contributed by atoms with Gasteiger partial charge in [0.25, 0.3) is 5.91 Å². The van der Waals surface area contributed by atoms with E-state index >= 15 is 0 Å². The molecular formula is C21H20N2O2. The van der Waals surface area contributed by atoms with E-state index < -0.39 is 0 Å². The monoisotopic (exact) mass is 332 g/mol. The molecule has 3 rings (SSSR count). The van der Waals surface area contributed by atoms with Crippen molar-refractivity contribution in [3.8, 4) is 5.75 Å². The fourth-order valence-electron chi connectivity index (χ4n) is 2.59. The van der Waals surface area contributed by atoms with Crippen LogP contribution < -0.4 is 10.2 Å². The summed E-state index contributed by atoms with van der Waals surface area (Å²) in [4.78, 5) is 11.9. The number of hydrogen-bond donors (Lipinski definition) is 1. The van der Waals surface area contributed by atoms with Gasteiger partial charge in [-0.1, -0.05) is 54.6 Å². The zero-order valence-electron chi connectivity index (χ0n) is 14.3. The van der Waals surface area contributed by atoms with Gasteiger partial charge >= 0.3 is 0 Å². The van der Waals surface area contributed by atoms with Crippen LogP contribution in [0.5, 0.6) is 5.75 Å². The largest absolute Gasteiger partial charge is 0.483 e. The third kappa shape index (κ3) is 4.04. The summed E-state index contributed by atoms with van der Waals surface area (Å²) in [5.41, 5.74) is 5.63. The Morgan fingerprint density at radius 2 is 1.80 bits per heavy atom. The Balaban J connectivity index is 1.60. The number of rotatable bonds is 5. The molecule has 0 bridgehead atoms. The van der Waals surface area contributed by atoms with E-state index in [9.17, 15) is 4.79 Å². The van der Waals surface area contributed by atoms with Crippen LogP contribution in [0.1, 0.15) is 16.7 Å². The van der Waals surface area contributed by atoms with Crippen LogP contribution in [-0.4, -0.2) is 18.7 Å². The Hall–Kier alpha value is -3.14. The lowest BCUT2D eigenvalue weighted by molar-refractivity contribution is -0.123. The molecule has 126 valence electrons. The molecular weight excluding hydrogens is 312 g/mol. The van der Waals surface area contributed by atoms with Crippen molar-refractivity contribution in [2.45, 2.75) is 13.8 Å². The average Bonchev–Trinajstić information content (AvgIpc) is 2.63. The minimum absolute atomic E-state index is 0.0723. The maximum atomic E-state index is 11.9. The van der Waals surface area contributed by atoms with Gasteiger partial charge in [-0.3, -0.25) is 4.79 Å². The lowest BCUT2D eigenvalue weighted by Crippen LogP contribution is -2.24. The lowest BCUT2D eigenvalue weighted by Gasteiger charge is -2.09. The highest BCUT2D eigenvalue weighted by molar-refractivity contribution is 5.99. The van der Waals surface area contributed by atoms with Crippen molar-refractivity contribution in [1.82, 2.24) is 5.43 Å². The van der Waals surface area contributed by atoms with Crippen molar-refractivity contribution in [3.05, 3.63) is 77.4 Å². The van der Waals surface area contributed by atoms with E-state index in [0.717, 1.165) is 27.5 Å². The van der Waals surface area contributed by atoms with Gasteiger partial charge in [-0.25, -0.2) is 5.43 Å². The number of ether oxygens (including phenoxy) is 1. The number of nitrogens with one attached hydrogen (secondary N) is 1. The maximum Gasteiger partial charge on any atom is 0.277 e. The SMILES string of the molecule is Cc1cccc(OCC(=O)N/N=C\c2cccc3ccccc23)c1C. The fourth-order valence-corrected chi connectivity index (χ4v) is 2.59. The molecule has 1 amide bonds. The molecule has 0 aliphatic carbocycles. The molecule has 25 heavy (non-hydrogen) atoms. The highest BCUT2D eigenvalue weighted by Crippen LogP contribution is 2.20. The molecule has 0 aliphatic heterocycles. The van der Waals surface area contributed by atoms with Crippen LogP contribution in [0.3, 0.4) is 0 Å². The first-order valence-corrected chi connectivity index (χ1v) is 8.14. The van der Waals surface area contributed by atoms with E-state index in [1.165, 1.54) is 0 Å². The molecule has 0 aliphatic rings. The molecule has 4 heteroatoms. The van der Waals surface area contributed by atoms with E-state index in [2.05, 4.69) is 10.5 Å². The third-order valence-corrected chi connectivity index (χ3v) is 4.13. The number of carbonyl (C=O) groups excluding carboxylic acids is 1. The van der Waals surface area contributed by atoms with Crippen molar-refractivity contribution in [1.29, 1.82) is 0 Å². The molecule has 0 spiro atoms. The summed E-state index contributed by atoms with van der Waals surface area (Å²) < 4.78 is 5.57. The smallest absolute Gasteiger partial charge is 0.277 e. The topological polar surface area (TPSA) is 50.7 Å². The molecule has 0 aromatic heterocycles. The molecule has 0 radical (unpaired) electrons. The summed E-state index contributed by atoms with van der Waals surface area (Å²) in [7, 11) is 0.